The van der Waals surface area contributed by atoms with Gasteiger partial charge in [0.2, 0.25) is 5.65 Å². The van der Waals surface area contributed by atoms with Gasteiger partial charge in [-0.3, -0.25) is 5.10 Å². The van der Waals surface area contributed by atoms with Gasteiger partial charge in [-0.25, -0.2) is 4.98 Å². The number of hydrogen-bond donors (Lipinski definition) is 1. The zero-order valence-electron chi connectivity index (χ0n) is 4.44. The predicted octanol–water partition coefficient (Wildman–Crippen LogP) is -0.252. The standard InChI is InChI=1S/C4H3N5/c1-3-4(9-6-1)5-2-7-8-3/h1-2H,(H,5,6,7,9). The van der Waals surface area contributed by atoms with E-state index in [2.05, 4.69) is 25.4 Å². The largest absolute Gasteiger partial charge is 0.281 e. The summed E-state index contributed by atoms with van der Waals surface area (Å²) in [5.74, 6) is 0. The fraction of sp³-hybridized carbons (Fsp3) is 0. The first-order valence-corrected chi connectivity index (χ1v) is 2.44. The summed E-state index contributed by atoms with van der Waals surface area (Å²) in [5.41, 5.74) is 1.29. The first kappa shape index (κ1) is 4.37. The molecule has 0 aromatic carbocycles. The Labute approximate surface area is 50.1 Å². The first-order valence-electron chi connectivity index (χ1n) is 2.44. The highest BCUT2D eigenvalue weighted by molar-refractivity contribution is 5.66. The molecule has 0 amide bonds. The summed E-state index contributed by atoms with van der Waals surface area (Å²) in [6, 6.07) is 0. The summed E-state index contributed by atoms with van der Waals surface area (Å²) >= 11 is 0. The van der Waals surface area contributed by atoms with Gasteiger partial charge < -0.3 is 0 Å². The van der Waals surface area contributed by atoms with Crippen molar-refractivity contribution in [1.29, 1.82) is 0 Å². The molecule has 0 saturated carbocycles. The molecule has 0 spiro atoms. The van der Waals surface area contributed by atoms with Crippen LogP contribution < -0.4 is 0 Å². The molecule has 0 atom stereocenters. The molecule has 1 N–H and O–H groups in total. The Morgan fingerprint density at radius 3 is 3.33 bits per heavy atom. The molecule has 2 rings (SSSR count). The molecule has 0 unspecified atom stereocenters. The normalized spacial score (nSPS) is 10.2. The van der Waals surface area contributed by atoms with Gasteiger partial charge in [-0.15, -0.1) is 10.2 Å². The molecule has 0 radical (unpaired) electrons. The van der Waals surface area contributed by atoms with Crippen molar-refractivity contribution in [2.75, 3.05) is 0 Å². The second kappa shape index (κ2) is 1.48. The Morgan fingerprint density at radius 1 is 1.44 bits per heavy atom. The van der Waals surface area contributed by atoms with Crippen LogP contribution in [0.5, 0.6) is 0 Å². The van der Waals surface area contributed by atoms with Gasteiger partial charge in [0.25, 0.3) is 0 Å². The minimum Gasteiger partial charge on any atom is -0.281 e. The van der Waals surface area contributed by atoms with Gasteiger partial charge in [-0.2, -0.15) is 5.10 Å². The number of aromatic amines is 1. The topological polar surface area (TPSA) is 67.3 Å². The third kappa shape index (κ3) is 0.543. The Hall–Kier alpha value is -1.52. The molecule has 2 heterocycles. The van der Waals surface area contributed by atoms with Crippen LogP contribution in [0.4, 0.5) is 0 Å². The van der Waals surface area contributed by atoms with E-state index in [4.69, 9.17) is 0 Å². The van der Waals surface area contributed by atoms with Crippen LogP contribution in [0.25, 0.3) is 11.2 Å². The van der Waals surface area contributed by atoms with E-state index in [1.54, 1.807) is 6.20 Å². The van der Waals surface area contributed by atoms with Gasteiger partial charge in [-0.05, 0) is 0 Å². The molecular weight excluding hydrogens is 118 g/mol. The van der Waals surface area contributed by atoms with Crippen LogP contribution in [0, 0.1) is 0 Å². The van der Waals surface area contributed by atoms with E-state index in [9.17, 15) is 0 Å². The molecule has 0 aliphatic heterocycles. The van der Waals surface area contributed by atoms with Crippen molar-refractivity contribution in [1.82, 2.24) is 25.4 Å². The zero-order chi connectivity index (χ0) is 6.10. The number of nitrogens with one attached hydrogen (secondary N) is 1. The first-order chi connectivity index (χ1) is 4.47. The Kier molecular flexibility index (Phi) is 0.717. The van der Waals surface area contributed by atoms with E-state index in [1.165, 1.54) is 6.33 Å². The fourth-order valence-corrected chi connectivity index (χ4v) is 0.614. The molecule has 2 aromatic rings. The molecule has 0 bridgehead atoms. The van der Waals surface area contributed by atoms with E-state index >= 15 is 0 Å². The molecule has 0 saturated heterocycles. The Bertz CT molecular complexity index is 283. The number of aromatic nitrogens is 5. The maximum atomic E-state index is 3.83. The number of nitrogens with zero attached hydrogens (tertiary/aromatic N) is 4. The molecule has 0 aliphatic carbocycles. The summed E-state index contributed by atoms with van der Waals surface area (Å²) in [5, 5.41) is 13.7. The average molecular weight is 121 g/mol. The summed E-state index contributed by atoms with van der Waals surface area (Å²) in [4.78, 5) is 3.83. The van der Waals surface area contributed by atoms with Crippen molar-refractivity contribution in [3.05, 3.63) is 12.5 Å². The lowest BCUT2D eigenvalue weighted by Gasteiger charge is -1.77. The molecule has 5 heteroatoms. The Balaban J connectivity index is 2.95. The van der Waals surface area contributed by atoms with Crippen molar-refractivity contribution in [2.24, 2.45) is 0 Å². The summed E-state index contributed by atoms with van der Waals surface area (Å²) < 4.78 is 0. The van der Waals surface area contributed by atoms with Crippen LogP contribution in [-0.4, -0.2) is 25.4 Å². The number of H-pyrrole nitrogens is 1. The van der Waals surface area contributed by atoms with Crippen molar-refractivity contribution in [3.8, 4) is 0 Å². The third-order valence-corrected chi connectivity index (χ3v) is 0.998. The van der Waals surface area contributed by atoms with Gasteiger partial charge in [0.05, 0.1) is 6.20 Å². The van der Waals surface area contributed by atoms with Crippen LogP contribution in [0.1, 0.15) is 0 Å². The van der Waals surface area contributed by atoms with Crippen LogP contribution in [0.2, 0.25) is 0 Å². The van der Waals surface area contributed by atoms with Gasteiger partial charge >= 0.3 is 0 Å². The van der Waals surface area contributed by atoms with E-state index < -0.39 is 0 Å². The van der Waals surface area contributed by atoms with Gasteiger partial charge in [0, 0.05) is 0 Å². The summed E-state index contributed by atoms with van der Waals surface area (Å²) in [6.45, 7) is 0. The molecule has 0 aliphatic rings. The number of hydrogen-bond acceptors (Lipinski definition) is 4. The minimum absolute atomic E-state index is 0.602. The van der Waals surface area contributed by atoms with Crippen LogP contribution in [0.3, 0.4) is 0 Å². The quantitative estimate of drug-likeness (QED) is 0.521. The predicted molar refractivity (Wildman–Crippen MR) is 29.5 cm³/mol. The van der Waals surface area contributed by atoms with E-state index in [1.807, 2.05) is 0 Å². The summed E-state index contributed by atoms with van der Waals surface area (Å²) in [7, 11) is 0. The van der Waals surface area contributed by atoms with Crippen molar-refractivity contribution in [3.63, 3.8) is 0 Å². The van der Waals surface area contributed by atoms with Gasteiger partial charge in [-0.1, -0.05) is 0 Å². The molecule has 9 heavy (non-hydrogen) atoms. The zero-order valence-corrected chi connectivity index (χ0v) is 4.44. The lowest BCUT2D eigenvalue weighted by Crippen LogP contribution is -1.82. The maximum absolute atomic E-state index is 3.83. The molecule has 44 valence electrons. The third-order valence-electron chi connectivity index (χ3n) is 0.998. The van der Waals surface area contributed by atoms with Gasteiger partial charge in [0.15, 0.2) is 0 Å². The van der Waals surface area contributed by atoms with Crippen molar-refractivity contribution in [2.45, 2.75) is 0 Å². The lowest BCUT2D eigenvalue weighted by molar-refractivity contribution is 1.01. The second-order valence-electron chi connectivity index (χ2n) is 1.55. The Morgan fingerprint density at radius 2 is 2.44 bits per heavy atom. The maximum Gasteiger partial charge on any atom is 0.203 e. The van der Waals surface area contributed by atoms with Crippen LogP contribution in [0.15, 0.2) is 12.5 Å². The molecule has 0 fully saturated rings. The number of fused-ring (bicyclic) bond motifs is 1. The monoisotopic (exact) mass is 121 g/mol. The average Bonchev–Trinajstić information content (AvgIpc) is 2.33. The molecular formula is C4H3N5. The lowest BCUT2D eigenvalue weighted by atomic mass is 10.6. The highest BCUT2D eigenvalue weighted by atomic mass is 15.2. The smallest absolute Gasteiger partial charge is 0.203 e. The molecule has 2 aromatic heterocycles. The fourth-order valence-electron chi connectivity index (χ4n) is 0.614. The van der Waals surface area contributed by atoms with Crippen molar-refractivity contribution >= 4 is 11.2 Å². The molecule has 5 nitrogen and oxygen atoms in total. The minimum atomic E-state index is 0.602. The van der Waals surface area contributed by atoms with Crippen molar-refractivity contribution < 1.29 is 0 Å². The second-order valence-corrected chi connectivity index (χ2v) is 1.55. The van der Waals surface area contributed by atoms with Crippen LogP contribution in [-0.2, 0) is 0 Å². The summed E-state index contributed by atoms with van der Waals surface area (Å²) in [6.07, 6.45) is 3.01. The van der Waals surface area contributed by atoms with Crippen LogP contribution >= 0.6 is 0 Å². The number of rotatable bonds is 0. The van der Waals surface area contributed by atoms with Gasteiger partial charge in [0.1, 0.15) is 11.8 Å². The van der Waals surface area contributed by atoms with E-state index in [-0.39, 0.29) is 0 Å². The highest BCUT2D eigenvalue weighted by Crippen LogP contribution is 1.97. The van der Waals surface area contributed by atoms with E-state index in [0.29, 0.717) is 11.2 Å². The van der Waals surface area contributed by atoms with E-state index in [0.717, 1.165) is 0 Å². The highest BCUT2D eigenvalue weighted by Gasteiger charge is 1.93. The SMILES string of the molecule is c1nnc2c[nH]nc2n1.